The van der Waals surface area contributed by atoms with E-state index in [9.17, 15) is 9.59 Å². The first-order chi connectivity index (χ1) is 13.3. The monoisotopic (exact) mass is 380 g/mol. The van der Waals surface area contributed by atoms with E-state index in [2.05, 4.69) is 19.2 Å². The Balaban J connectivity index is 2.19. The van der Waals surface area contributed by atoms with Gasteiger partial charge in [-0.3, -0.25) is 9.59 Å². The lowest BCUT2D eigenvalue weighted by Gasteiger charge is -2.24. The zero-order valence-electron chi connectivity index (χ0n) is 17.4. The molecular weight excluding hydrogens is 348 g/mol. The van der Waals surface area contributed by atoms with Crippen molar-refractivity contribution in [1.82, 2.24) is 5.32 Å². The molecule has 0 spiro atoms. The normalized spacial score (nSPS) is 10.9. The van der Waals surface area contributed by atoms with E-state index in [0.717, 1.165) is 16.8 Å². The summed E-state index contributed by atoms with van der Waals surface area (Å²) in [5.74, 6) is 0.815. The molecule has 28 heavy (non-hydrogen) atoms. The van der Waals surface area contributed by atoms with Crippen molar-refractivity contribution in [2.75, 3.05) is 11.4 Å². The third-order valence-electron chi connectivity index (χ3n) is 4.36. The molecule has 1 N–H and O–H groups in total. The minimum Gasteiger partial charge on any atom is -0.356 e. The maximum absolute atomic E-state index is 12.9. The third-order valence-corrected chi connectivity index (χ3v) is 4.36. The number of benzene rings is 2. The molecule has 2 rings (SSSR count). The molecule has 2 aromatic rings. The predicted molar refractivity (Wildman–Crippen MR) is 115 cm³/mol. The molecule has 0 bridgehead atoms. The van der Waals surface area contributed by atoms with Gasteiger partial charge in [0.1, 0.15) is 0 Å². The molecule has 0 aliphatic heterocycles. The van der Waals surface area contributed by atoms with E-state index in [-0.39, 0.29) is 17.7 Å². The Kier molecular flexibility index (Phi) is 8.24. The van der Waals surface area contributed by atoms with Crippen molar-refractivity contribution in [2.24, 2.45) is 11.8 Å². The Bertz CT molecular complexity index is 769. The van der Waals surface area contributed by atoms with Crippen molar-refractivity contribution < 1.29 is 9.59 Å². The van der Waals surface area contributed by atoms with Gasteiger partial charge in [0.15, 0.2) is 0 Å². The maximum Gasteiger partial charge on any atom is 0.227 e. The van der Waals surface area contributed by atoms with Crippen LogP contribution < -0.4 is 10.2 Å². The number of amides is 2. The van der Waals surface area contributed by atoms with Crippen molar-refractivity contribution in [3.63, 3.8) is 0 Å². The quantitative estimate of drug-likeness (QED) is 0.692. The second-order valence-electron chi connectivity index (χ2n) is 8.11. The minimum absolute atomic E-state index is 0.00830. The number of rotatable bonds is 9. The first kappa shape index (κ1) is 21.7. The number of anilines is 1. The van der Waals surface area contributed by atoms with E-state index in [0.29, 0.717) is 31.8 Å². The second-order valence-corrected chi connectivity index (χ2v) is 8.11. The van der Waals surface area contributed by atoms with Gasteiger partial charge in [0.25, 0.3) is 0 Å². The molecule has 0 saturated carbocycles. The summed E-state index contributed by atoms with van der Waals surface area (Å²) in [5.41, 5.74) is 2.83. The van der Waals surface area contributed by atoms with Gasteiger partial charge in [-0.2, -0.15) is 0 Å². The molecule has 0 fully saturated rings. The number of hydrogen-bond donors (Lipinski definition) is 1. The largest absolute Gasteiger partial charge is 0.356 e. The number of nitrogens with one attached hydrogen (secondary N) is 1. The van der Waals surface area contributed by atoms with Gasteiger partial charge in [-0.1, -0.05) is 70.2 Å². The van der Waals surface area contributed by atoms with E-state index < -0.39 is 0 Å². The Labute approximate surface area is 169 Å². The SMILES string of the molecule is CC(C)CNC(=O)Cc1cccc(N(Cc2ccccc2)C(=O)CC(C)C)c1. The number of carbonyl (C=O) groups is 2. The molecule has 0 aliphatic rings. The highest BCUT2D eigenvalue weighted by Gasteiger charge is 2.18. The van der Waals surface area contributed by atoms with E-state index >= 15 is 0 Å². The highest BCUT2D eigenvalue weighted by molar-refractivity contribution is 5.93. The summed E-state index contributed by atoms with van der Waals surface area (Å²) in [7, 11) is 0. The standard InChI is InChI=1S/C24H32N2O2/c1-18(2)13-24(28)26(17-20-9-6-5-7-10-20)22-12-8-11-21(14-22)15-23(27)25-16-19(3)4/h5-12,14,18-19H,13,15-17H2,1-4H3,(H,25,27). The predicted octanol–water partition coefficient (Wildman–Crippen LogP) is 4.58. The van der Waals surface area contributed by atoms with Gasteiger partial charge in [-0.05, 0) is 35.1 Å². The Morgan fingerprint density at radius 2 is 1.57 bits per heavy atom. The summed E-state index contributed by atoms with van der Waals surface area (Å²) in [6.07, 6.45) is 0.810. The van der Waals surface area contributed by atoms with Crippen molar-refractivity contribution in [1.29, 1.82) is 0 Å². The number of nitrogens with zero attached hydrogens (tertiary/aromatic N) is 1. The van der Waals surface area contributed by atoms with E-state index in [1.807, 2.05) is 73.3 Å². The van der Waals surface area contributed by atoms with Crippen LogP contribution in [0.3, 0.4) is 0 Å². The summed E-state index contributed by atoms with van der Waals surface area (Å²) in [4.78, 5) is 26.9. The summed E-state index contributed by atoms with van der Waals surface area (Å²) >= 11 is 0. The Morgan fingerprint density at radius 3 is 2.21 bits per heavy atom. The van der Waals surface area contributed by atoms with Gasteiger partial charge >= 0.3 is 0 Å². The summed E-state index contributed by atoms with van der Waals surface area (Å²) in [5, 5.41) is 2.95. The fourth-order valence-electron chi connectivity index (χ4n) is 2.95. The van der Waals surface area contributed by atoms with Crippen LogP contribution in [0.2, 0.25) is 0 Å². The maximum atomic E-state index is 12.9. The van der Waals surface area contributed by atoms with Crippen LogP contribution >= 0.6 is 0 Å². The molecule has 2 amide bonds. The van der Waals surface area contributed by atoms with Gasteiger partial charge in [0, 0.05) is 18.7 Å². The van der Waals surface area contributed by atoms with Gasteiger partial charge < -0.3 is 10.2 Å². The van der Waals surface area contributed by atoms with Crippen molar-refractivity contribution in [2.45, 2.75) is 47.1 Å². The van der Waals surface area contributed by atoms with Crippen LogP contribution in [0.4, 0.5) is 5.69 Å². The fourth-order valence-corrected chi connectivity index (χ4v) is 2.95. The Hall–Kier alpha value is -2.62. The van der Waals surface area contributed by atoms with Crippen molar-refractivity contribution in [3.8, 4) is 0 Å². The van der Waals surface area contributed by atoms with Crippen LogP contribution in [0.5, 0.6) is 0 Å². The molecule has 0 heterocycles. The summed E-state index contributed by atoms with van der Waals surface area (Å²) in [6.45, 7) is 9.44. The van der Waals surface area contributed by atoms with Gasteiger partial charge in [0.2, 0.25) is 11.8 Å². The molecule has 0 saturated heterocycles. The molecular formula is C24H32N2O2. The first-order valence-electron chi connectivity index (χ1n) is 10.0. The fraction of sp³-hybridized carbons (Fsp3) is 0.417. The molecule has 2 aromatic carbocycles. The molecule has 0 atom stereocenters. The smallest absolute Gasteiger partial charge is 0.227 e. The first-order valence-corrected chi connectivity index (χ1v) is 10.0. The molecule has 0 radical (unpaired) electrons. The molecule has 150 valence electrons. The Morgan fingerprint density at radius 1 is 0.893 bits per heavy atom. The zero-order valence-corrected chi connectivity index (χ0v) is 17.4. The molecule has 4 nitrogen and oxygen atoms in total. The van der Waals surface area contributed by atoms with E-state index in [1.165, 1.54) is 0 Å². The lowest BCUT2D eigenvalue weighted by molar-refractivity contribution is -0.120. The molecule has 0 aromatic heterocycles. The minimum atomic E-state index is 0.00830. The van der Waals surface area contributed by atoms with Crippen LogP contribution in [0.25, 0.3) is 0 Å². The average Bonchev–Trinajstić information content (AvgIpc) is 2.65. The van der Waals surface area contributed by atoms with Crippen LogP contribution in [0, 0.1) is 11.8 Å². The van der Waals surface area contributed by atoms with Crippen LogP contribution in [-0.2, 0) is 22.6 Å². The lowest BCUT2D eigenvalue weighted by Crippen LogP contribution is -2.31. The van der Waals surface area contributed by atoms with E-state index in [4.69, 9.17) is 0 Å². The molecule has 0 unspecified atom stereocenters. The van der Waals surface area contributed by atoms with Crippen molar-refractivity contribution in [3.05, 3.63) is 65.7 Å². The number of carbonyl (C=O) groups excluding carboxylic acids is 2. The second kappa shape index (κ2) is 10.6. The zero-order chi connectivity index (χ0) is 20.5. The highest BCUT2D eigenvalue weighted by atomic mass is 16.2. The lowest BCUT2D eigenvalue weighted by atomic mass is 10.1. The van der Waals surface area contributed by atoms with Gasteiger partial charge in [-0.15, -0.1) is 0 Å². The average molecular weight is 381 g/mol. The molecule has 4 heteroatoms. The van der Waals surface area contributed by atoms with Gasteiger partial charge in [-0.25, -0.2) is 0 Å². The van der Waals surface area contributed by atoms with Gasteiger partial charge in [0.05, 0.1) is 13.0 Å². The number of hydrogen-bond acceptors (Lipinski definition) is 2. The van der Waals surface area contributed by atoms with Crippen molar-refractivity contribution >= 4 is 17.5 Å². The van der Waals surface area contributed by atoms with Crippen LogP contribution in [0.15, 0.2) is 54.6 Å². The summed E-state index contributed by atoms with van der Waals surface area (Å²) < 4.78 is 0. The van der Waals surface area contributed by atoms with E-state index in [1.54, 1.807) is 0 Å². The van der Waals surface area contributed by atoms with Crippen LogP contribution in [-0.4, -0.2) is 18.4 Å². The summed E-state index contributed by atoms with van der Waals surface area (Å²) in [6, 6.07) is 17.7. The third kappa shape index (κ3) is 7.18. The van der Waals surface area contributed by atoms with Crippen LogP contribution in [0.1, 0.15) is 45.2 Å². The topological polar surface area (TPSA) is 49.4 Å². The molecule has 0 aliphatic carbocycles. The highest BCUT2D eigenvalue weighted by Crippen LogP contribution is 2.22.